The molecule has 6 atom stereocenters. The van der Waals surface area contributed by atoms with Crippen molar-refractivity contribution in [3.63, 3.8) is 0 Å². The van der Waals surface area contributed by atoms with Crippen molar-refractivity contribution >= 4 is 33.6 Å². The molecular formula is C42H46N8O2. The van der Waals surface area contributed by atoms with Gasteiger partial charge in [-0.3, -0.25) is 19.6 Å². The fraction of sp³-hybridized carbons (Fsp3) is 0.476. The molecule has 2 aromatic heterocycles. The lowest BCUT2D eigenvalue weighted by Crippen LogP contribution is -2.46. The van der Waals surface area contributed by atoms with E-state index in [1.54, 1.807) is 12.4 Å². The SMILES string of the molecule is C[C@@H]1C[C@H](c2ccc(C#N)c3ncccc23)CN(C(=O)CC2(N)CC2C[C@H]2C[C@H](c3ccc(C#N)c4ncccc34)CN(C(=O)CC3(N)CC3)C2)C1. The molecule has 4 aliphatic rings. The van der Waals surface area contributed by atoms with Crippen LogP contribution in [0, 0.1) is 40.4 Å². The van der Waals surface area contributed by atoms with E-state index < -0.39 is 5.54 Å². The van der Waals surface area contributed by atoms with Crippen LogP contribution in [0.15, 0.2) is 60.9 Å². The highest BCUT2D eigenvalue weighted by Gasteiger charge is 2.54. The van der Waals surface area contributed by atoms with Gasteiger partial charge in [-0.2, -0.15) is 10.5 Å². The molecule has 2 saturated carbocycles. The second-order valence-corrected chi connectivity index (χ2v) is 16.4. The Kier molecular flexibility index (Phi) is 8.72. The number of nitriles is 2. The number of fused-ring (bicyclic) bond motifs is 2. The molecule has 8 rings (SSSR count). The van der Waals surface area contributed by atoms with Crippen molar-refractivity contribution in [1.29, 1.82) is 10.5 Å². The van der Waals surface area contributed by atoms with Gasteiger partial charge in [-0.05, 0) is 91.7 Å². The molecule has 10 nitrogen and oxygen atoms in total. The molecule has 4 N–H and O–H groups in total. The molecule has 52 heavy (non-hydrogen) atoms. The molecule has 2 unspecified atom stereocenters. The fourth-order valence-electron chi connectivity index (χ4n) is 9.35. The lowest BCUT2D eigenvalue weighted by atomic mass is 9.80. The molecule has 0 spiro atoms. The Morgan fingerprint density at radius 3 is 1.92 bits per heavy atom. The summed E-state index contributed by atoms with van der Waals surface area (Å²) in [5.41, 5.74) is 17.3. The zero-order valence-electron chi connectivity index (χ0n) is 29.8. The first-order valence-corrected chi connectivity index (χ1v) is 18.7. The first-order valence-electron chi connectivity index (χ1n) is 18.7. The largest absolute Gasteiger partial charge is 0.342 e. The summed E-state index contributed by atoms with van der Waals surface area (Å²) in [6, 6.07) is 20.2. The highest BCUT2D eigenvalue weighted by atomic mass is 16.2. The van der Waals surface area contributed by atoms with Crippen LogP contribution in [0.5, 0.6) is 0 Å². The van der Waals surface area contributed by atoms with Crippen molar-refractivity contribution in [3.05, 3.63) is 83.2 Å². The Bertz CT molecular complexity index is 2150. The van der Waals surface area contributed by atoms with Gasteiger partial charge in [0.25, 0.3) is 0 Å². The minimum atomic E-state index is -0.555. The van der Waals surface area contributed by atoms with Crippen molar-refractivity contribution in [2.75, 3.05) is 26.2 Å². The number of pyridine rings is 2. The molecule has 2 saturated heterocycles. The van der Waals surface area contributed by atoms with Gasteiger partial charge in [-0.15, -0.1) is 0 Å². The van der Waals surface area contributed by atoms with E-state index >= 15 is 0 Å². The maximum Gasteiger partial charge on any atom is 0.224 e. The van der Waals surface area contributed by atoms with Crippen LogP contribution in [0.25, 0.3) is 21.8 Å². The number of aromatic nitrogens is 2. The van der Waals surface area contributed by atoms with E-state index in [4.69, 9.17) is 11.5 Å². The summed E-state index contributed by atoms with van der Waals surface area (Å²) in [4.78, 5) is 40.7. The number of nitrogens with two attached hydrogens (primary N) is 2. The number of piperidine rings is 2. The molecule has 4 aromatic rings. The van der Waals surface area contributed by atoms with Gasteiger partial charge in [-0.25, -0.2) is 0 Å². The van der Waals surface area contributed by atoms with E-state index in [-0.39, 0.29) is 41.0 Å². The zero-order valence-corrected chi connectivity index (χ0v) is 29.8. The molecule has 0 radical (unpaired) electrons. The van der Waals surface area contributed by atoms with E-state index in [2.05, 4.69) is 29.0 Å². The van der Waals surface area contributed by atoms with Gasteiger partial charge in [0.05, 0.1) is 22.2 Å². The van der Waals surface area contributed by atoms with E-state index in [0.717, 1.165) is 60.4 Å². The van der Waals surface area contributed by atoms with Gasteiger partial charge in [-0.1, -0.05) is 31.2 Å². The van der Waals surface area contributed by atoms with Gasteiger partial charge in [0.2, 0.25) is 11.8 Å². The normalized spacial score (nSPS) is 27.9. The monoisotopic (exact) mass is 694 g/mol. The quantitative estimate of drug-likeness (QED) is 0.244. The van der Waals surface area contributed by atoms with Crippen LogP contribution in [0.2, 0.25) is 0 Å². The van der Waals surface area contributed by atoms with E-state index in [0.29, 0.717) is 67.1 Å². The first-order chi connectivity index (χ1) is 25.1. The third-order valence-electron chi connectivity index (χ3n) is 12.4. The number of carbonyl (C=O) groups excluding carboxylic acids is 2. The van der Waals surface area contributed by atoms with Crippen LogP contribution in [0.3, 0.4) is 0 Å². The van der Waals surface area contributed by atoms with Crippen molar-refractivity contribution < 1.29 is 9.59 Å². The average molecular weight is 695 g/mol. The maximum absolute atomic E-state index is 14.0. The first kappa shape index (κ1) is 34.2. The molecule has 2 aromatic carbocycles. The smallest absolute Gasteiger partial charge is 0.224 e. The Balaban J connectivity index is 0.971. The number of nitrogens with zero attached hydrogens (tertiary/aromatic N) is 6. The predicted molar refractivity (Wildman–Crippen MR) is 198 cm³/mol. The van der Waals surface area contributed by atoms with Gasteiger partial charge < -0.3 is 21.3 Å². The average Bonchev–Trinajstić information content (AvgIpc) is 4.05. The zero-order chi connectivity index (χ0) is 36.2. The lowest BCUT2D eigenvalue weighted by molar-refractivity contribution is -0.134. The molecule has 266 valence electrons. The number of benzene rings is 2. The summed E-state index contributed by atoms with van der Waals surface area (Å²) in [6.45, 7) is 4.80. The molecule has 2 amide bonds. The van der Waals surface area contributed by atoms with Crippen molar-refractivity contribution in [1.82, 2.24) is 19.8 Å². The predicted octanol–water partition coefficient (Wildman–Crippen LogP) is 5.49. The number of hydrogen-bond donors (Lipinski definition) is 2. The summed E-state index contributed by atoms with van der Waals surface area (Å²) >= 11 is 0. The summed E-state index contributed by atoms with van der Waals surface area (Å²) < 4.78 is 0. The Morgan fingerprint density at radius 2 is 1.35 bits per heavy atom. The minimum absolute atomic E-state index is 0.0860. The van der Waals surface area contributed by atoms with Gasteiger partial charge >= 0.3 is 0 Å². The summed E-state index contributed by atoms with van der Waals surface area (Å²) in [5.74, 6) is 1.20. The van der Waals surface area contributed by atoms with Crippen molar-refractivity contribution in [2.24, 2.45) is 29.2 Å². The van der Waals surface area contributed by atoms with Crippen LogP contribution >= 0.6 is 0 Å². The van der Waals surface area contributed by atoms with Crippen molar-refractivity contribution in [3.8, 4) is 12.1 Å². The lowest BCUT2D eigenvalue weighted by Gasteiger charge is -2.39. The third-order valence-corrected chi connectivity index (χ3v) is 12.4. The number of hydrogen-bond acceptors (Lipinski definition) is 8. The number of carbonyl (C=O) groups is 2. The number of rotatable bonds is 8. The van der Waals surface area contributed by atoms with Gasteiger partial charge in [0, 0.05) is 85.1 Å². The number of amides is 2. The van der Waals surface area contributed by atoms with E-state index in [1.165, 1.54) is 0 Å². The topological polar surface area (TPSA) is 166 Å². The summed E-state index contributed by atoms with van der Waals surface area (Å²) in [7, 11) is 0. The van der Waals surface area contributed by atoms with Crippen molar-refractivity contribution in [2.45, 2.75) is 81.2 Å². The summed E-state index contributed by atoms with van der Waals surface area (Å²) in [5, 5.41) is 21.3. The minimum Gasteiger partial charge on any atom is -0.342 e. The summed E-state index contributed by atoms with van der Waals surface area (Å²) in [6.07, 6.45) is 9.39. The van der Waals surface area contributed by atoms with Crippen LogP contribution in [0.1, 0.15) is 92.4 Å². The standard InChI is InChI=1S/C42H46N8O2/c1-26-14-30(33-8-6-28(20-43)39-35(33)4-2-12-47-39)24-49(22-26)38(52)19-42(46)17-32(42)16-27-15-31(25-50(23-27)37(51)18-41(45)10-11-41)34-9-7-29(21-44)40-36(34)5-3-13-48-40/h2-9,12-13,26-27,30-32H,10-11,14-19,22-25,45-46H2,1H3/t26-,27-,30+,31+,32?,42?/m1/s1. The molecule has 10 heteroatoms. The molecule has 2 aliphatic heterocycles. The molecule has 4 heterocycles. The second kappa shape index (κ2) is 13.3. The highest BCUT2D eigenvalue weighted by Crippen LogP contribution is 2.50. The maximum atomic E-state index is 14.0. The second-order valence-electron chi connectivity index (χ2n) is 16.4. The van der Waals surface area contributed by atoms with Crippen LogP contribution in [-0.2, 0) is 9.59 Å². The van der Waals surface area contributed by atoms with E-state index in [9.17, 15) is 20.1 Å². The van der Waals surface area contributed by atoms with Gasteiger partial charge in [0.15, 0.2) is 0 Å². The Labute approximate surface area is 304 Å². The Morgan fingerprint density at radius 1 is 0.788 bits per heavy atom. The van der Waals surface area contributed by atoms with E-state index in [1.807, 2.05) is 58.3 Å². The fourth-order valence-corrected chi connectivity index (χ4v) is 9.35. The number of likely N-dealkylation sites (tertiary alicyclic amines) is 2. The Hall–Kier alpha value is -4.90. The molecule has 4 fully saturated rings. The molecular weight excluding hydrogens is 649 g/mol. The van der Waals surface area contributed by atoms with Crippen LogP contribution in [-0.4, -0.2) is 68.8 Å². The molecule has 0 bridgehead atoms. The highest BCUT2D eigenvalue weighted by molar-refractivity contribution is 5.89. The third kappa shape index (κ3) is 6.62. The van der Waals surface area contributed by atoms with Crippen LogP contribution < -0.4 is 11.5 Å². The van der Waals surface area contributed by atoms with Gasteiger partial charge in [0.1, 0.15) is 12.1 Å². The molecule has 2 aliphatic carbocycles. The van der Waals surface area contributed by atoms with Crippen LogP contribution in [0.4, 0.5) is 0 Å².